The number of pyridine rings is 1. The number of aliphatic hydroxyl groups excluding tert-OH is 1. The number of benzene rings is 1. The summed E-state index contributed by atoms with van der Waals surface area (Å²) < 4.78 is 5.77. The van der Waals surface area contributed by atoms with Crippen LogP contribution < -0.4 is 9.64 Å². The van der Waals surface area contributed by atoms with Crippen molar-refractivity contribution in [2.24, 2.45) is 11.8 Å². The minimum Gasteiger partial charge on any atom is -0.493 e. The first kappa shape index (κ1) is 26.9. The molecule has 1 saturated heterocycles. The van der Waals surface area contributed by atoms with Gasteiger partial charge in [-0.05, 0) is 48.8 Å². The molecule has 2 aromatic rings. The van der Waals surface area contributed by atoms with Crippen molar-refractivity contribution in [1.82, 2.24) is 9.88 Å². The Morgan fingerprint density at radius 1 is 1.16 bits per heavy atom. The average Bonchev–Trinajstić information content (AvgIpc) is 3.73. The number of aliphatic hydroxyl groups is 1. The first-order chi connectivity index (χ1) is 17.8. The molecule has 198 valence electrons. The van der Waals surface area contributed by atoms with Crippen molar-refractivity contribution in [3.63, 3.8) is 0 Å². The molecule has 7 heteroatoms. The number of rotatable bonds is 10. The molecule has 2 aliphatic rings. The van der Waals surface area contributed by atoms with Gasteiger partial charge in [0.25, 0.3) is 0 Å². The highest BCUT2D eigenvalue weighted by Gasteiger charge is 2.36. The van der Waals surface area contributed by atoms with Crippen molar-refractivity contribution in [3.05, 3.63) is 52.7 Å². The molecule has 1 aromatic heterocycles. The van der Waals surface area contributed by atoms with E-state index in [0.717, 1.165) is 47.7 Å². The van der Waals surface area contributed by atoms with E-state index in [4.69, 9.17) is 9.72 Å². The Morgan fingerprint density at radius 3 is 2.49 bits per heavy atom. The summed E-state index contributed by atoms with van der Waals surface area (Å²) in [6.07, 6.45) is 3.22. The van der Waals surface area contributed by atoms with Gasteiger partial charge in [-0.15, -0.1) is 0 Å². The van der Waals surface area contributed by atoms with E-state index in [1.807, 2.05) is 35.2 Å². The molecule has 1 atom stereocenters. The molecule has 1 aliphatic heterocycles. The van der Waals surface area contributed by atoms with Crippen LogP contribution in [-0.2, 0) is 17.8 Å². The fraction of sp³-hybridized carbons (Fsp3) is 0.567. The van der Waals surface area contributed by atoms with Gasteiger partial charge in [-0.3, -0.25) is 4.79 Å². The van der Waals surface area contributed by atoms with Gasteiger partial charge in [0.15, 0.2) is 0 Å². The van der Waals surface area contributed by atoms with Crippen LogP contribution in [0.1, 0.15) is 75.3 Å². The zero-order valence-electron chi connectivity index (χ0n) is 22.6. The highest BCUT2D eigenvalue weighted by molar-refractivity contribution is 5.77. The average molecular weight is 505 g/mol. The van der Waals surface area contributed by atoms with Crippen molar-refractivity contribution >= 4 is 11.7 Å². The largest absolute Gasteiger partial charge is 0.493 e. The lowest BCUT2D eigenvalue weighted by molar-refractivity contribution is -0.135. The molecule has 1 aromatic carbocycles. The molecule has 1 N–H and O–H groups in total. The third kappa shape index (κ3) is 6.24. The van der Waals surface area contributed by atoms with E-state index in [2.05, 4.69) is 38.7 Å². The summed E-state index contributed by atoms with van der Waals surface area (Å²) in [5.74, 6) is 2.57. The maximum absolute atomic E-state index is 13.2. The number of hydrogen-bond acceptors (Lipinski definition) is 6. The molecule has 4 rings (SSSR count). The maximum Gasteiger partial charge on any atom is 0.226 e. The van der Waals surface area contributed by atoms with Gasteiger partial charge in [0, 0.05) is 31.1 Å². The zero-order chi connectivity index (χ0) is 26.5. The Hall–Kier alpha value is -3.11. The van der Waals surface area contributed by atoms with Crippen LogP contribution in [0.25, 0.3) is 0 Å². The second kappa shape index (κ2) is 12.0. The van der Waals surface area contributed by atoms with E-state index in [9.17, 15) is 15.2 Å². The number of nitriles is 1. The van der Waals surface area contributed by atoms with Crippen molar-refractivity contribution in [2.75, 3.05) is 31.1 Å². The topological polar surface area (TPSA) is 89.7 Å². The Balaban J connectivity index is 1.55. The van der Waals surface area contributed by atoms with Crippen LogP contribution >= 0.6 is 0 Å². The molecule has 0 bridgehead atoms. The Bertz CT molecular complexity index is 1120. The predicted molar refractivity (Wildman–Crippen MR) is 144 cm³/mol. The van der Waals surface area contributed by atoms with Crippen molar-refractivity contribution in [3.8, 4) is 11.8 Å². The number of para-hydroxylation sites is 1. The quantitative estimate of drug-likeness (QED) is 0.506. The fourth-order valence-electron chi connectivity index (χ4n) is 5.33. The summed E-state index contributed by atoms with van der Waals surface area (Å²) in [4.78, 5) is 22.4. The van der Waals surface area contributed by atoms with Gasteiger partial charge in [0.2, 0.25) is 5.91 Å². The normalized spacial score (nSPS) is 17.8. The lowest BCUT2D eigenvalue weighted by Gasteiger charge is -2.44. The lowest BCUT2D eigenvalue weighted by Crippen LogP contribution is -2.57. The maximum atomic E-state index is 13.2. The van der Waals surface area contributed by atoms with Gasteiger partial charge >= 0.3 is 0 Å². The number of carbonyl (C=O) groups is 1. The third-order valence-corrected chi connectivity index (χ3v) is 7.41. The number of aromatic nitrogens is 1. The standard InChI is InChI=1S/C30H40N4O3/c1-20(2)16-24-25(17-31)30(32-29(22-10-11-22)26(24)19-35)33-13-14-34(27(18-33)21(3)4)28(36)12-15-37-23-8-6-5-7-9-23/h5-9,20-22,27,35H,10-16,18-19H2,1-4H3. The second-order valence-electron chi connectivity index (χ2n) is 11.1. The number of carbonyl (C=O) groups excluding carboxylic acids is 1. The van der Waals surface area contributed by atoms with Crippen LogP contribution in [0, 0.1) is 23.2 Å². The van der Waals surface area contributed by atoms with Crippen LogP contribution in [0.15, 0.2) is 30.3 Å². The van der Waals surface area contributed by atoms with Crippen LogP contribution in [0.4, 0.5) is 5.82 Å². The zero-order valence-corrected chi connectivity index (χ0v) is 22.6. The van der Waals surface area contributed by atoms with Gasteiger partial charge in [0.05, 0.1) is 36.9 Å². The van der Waals surface area contributed by atoms with Gasteiger partial charge in [-0.2, -0.15) is 5.26 Å². The van der Waals surface area contributed by atoms with Crippen LogP contribution in [0.3, 0.4) is 0 Å². The molecule has 1 saturated carbocycles. The fourth-order valence-corrected chi connectivity index (χ4v) is 5.33. The Kier molecular flexibility index (Phi) is 8.71. The number of amides is 1. The lowest BCUT2D eigenvalue weighted by atomic mass is 9.91. The molecule has 1 amide bonds. The van der Waals surface area contributed by atoms with Crippen LogP contribution in [-0.4, -0.2) is 53.2 Å². The molecule has 1 unspecified atom stereocenters. The number of ether oxygens (including phenoxy) is 1. The third-order valence-electron chi connectivity index (χ3n) is 7.41. The van der Waals surface area contributed by atoms with Gasteiger partial charge in [-0.25, -0.2) is 4.98 Å². The number of hydrogen-bond donors (Lipinski definition) is 1. The molecule has 1 aliphatic carbocycles. The molecular weight excluding hydrogens is 464 g/mol. The number of anilines is 1. The highest BCUT2D eigenvalue weighted by atomic mass is 16.5. The summed E-state index contributed by atoms with van der Waals surface area (Å²) in [6.45, 7) is 10.7. The van der Waals surface area contributed by atoms with E-state index in [-0.39, 0.29) is 24.5 Å². The second-order valence-corrected chi connectivity index (χ2v) is 11.1. The van der Waals surface area contributed by atoms with Crippen molar-refractivity contribution < 1.29 is 14.6 Å². The number of nitrogens with zero attached hydrogens (tertiary/aromatic N) is 4. The van der Waals surface area contributed by atoms with Gasteiger partial charge in [0.1, 0.15) is 17.6 Å². The van der Waals surface area contributed by atoms with Crippen LogP contribution in [0.2, 0.25) is 0 Å². The summed E-state index contributed by atoms with van der Waals surface area (Å²) in [6, 6.07) is 12.0. The molecule has 0 radical (unpaired) electrons. The van der Waals surface area contributed by atoms with E-state index in [1.165, 1.54) is 0 Å². The van der Waals surface area contributed by atoms with E-state index in [0.29, 0.717) is 50.1 Å². The molecular formula is C30H40N4O3. The first-order valence-corrected chi connectivity index (χ1v) is 13.6. The highest BCUT2D eigenvalue weighted by Crippen LogP contribution is 2.44. The van der Waals surface area contributed by atoms with E-state index in [1.54, 1.807) is 0 Å². The minimum atomic E-state index is -0.0855. The van der Waals surface area contributed by atoms with Crippen molar-refractivity contribution in [2.45, 2.75) is 71.9 Å². The molecule has 7 nitrogen and oxygen atoms in total. The molecule has 0 spiro atoms. The van der Waals surface area contributed by atoms with Gasteiger partial charge < -0.3 is 19.6 Å². The van der Waals surface area contributed by atoms with Crippen LogP contribution in [0.5, 0.6) is 5.75 Å². The monoisotopic (exact) mass is 504 g/mol. The summed E-state index contributed by atoms with van der Waals surface area (Å²) in [5.41, 5.74) is 3.35. The molecule has 37 heavy (non-hydrogen) atoms. The molecule has 2 fully saturated rings. The SMILES string of the molecule is CC(C)Cc1c(C#N)c(N2CCN(C(=O)CCOc3ccccc3)C(C(C)C)C2)nc(C2CC2)c1CO. The summed E-state index contributed by atoms with van der Waals surface area (Å²) >= 11 is 0. The van der Waals surface area contributed by atoms with E-state index < -0.39 is 0 Å². The van der Waals surface area contributed by atoms with E-state index >= 15 is 0 Å². The number of piperazine rings is 1. The smallest absolute Gasteiger partial charge is 0.226 e. The Morgan fingerprint density at radius 2 is 1.89 bits per heavy atom. The summed E-state index contributed by atoms with van der Waals surface area (Å²) in [7, 11) is 0. The predicted octanol–water partition coefficient (Wildman–Crippen LogP) is 4.66. The minimum absolute atomic E-state index is 0.0155. The van der Waals surface area contributed by atoms with Crippen molar-refractivity contribution in [1.29, 1.82) is 5.26 Å². The van der Waals surface area contributed by atoms with Gasteiger partial charge in [-0.1, -0.05) is 45.9 Å². The Labute approximate surface area is 221 Å². The molecule has 2 heterocycles. The summed E-state index contributed by atoms with van der Waals surface area (Å²) in [5, 5.41) is 20.5. The first-order valence-electron chi connectivity index (χ1n) is 13.6.